The lowest BCUT2D eigenvalue weighted by Gasteiger charge is -2.39. The number of para-hydroxylation sites is 2. The van der Waals surface area contributed by atoms with Gasteiger partial charge in [-0.15, -0.1) is 0 Å². The number of fused-ring (bicyclic) bond motifs is 2. The van der Waals surface area contributed by atoms with E-state index in [4.69, 9.17) is 9.47 Å². The number of hydrogen-bond acceptors (Lipinski definition) is 3. The highest BCUT2D eigenvalue weighted by Gasteiger charge is 2.39. The molecule has 1 heterocycles. The van der Waals surface area contributed by atoms with Gasteiger partial charge in [-0.3, -0.25) is 0 Å². The molecule has 0 radical (unpaired) electrons. The molecule has 2 aliphatic rings. The number of ether oxygens (including phenoxy) is 2. The van der Waals surface area contributed by atoms with Crippen LogP contribution in [-0.2, 0) is 0 Å². The first-order valence-corrected chi connectivity index (χ1v) is 5.45. The molecule has 1 N–H and O–H groups in total. The molecule has 1 saturated carbocycles. The zero-order valence-electron chi connectivity index (χ0n) is 8.43. The van der Waals surface area contributed by atoms with E-state index in [1.165, 1.54) is 0 Å². The maximum Gasteiger partial charge on any atom is 0.161 e. The lowest BCUT2D eigenvalue weighted by atomic mass is 9.91. The minimum Gasteiger partial charge on any atom is -0.483 e. The second-order valence-corrected chi connectivity index (χ2v) is 4.18. The van der Waals surface area contributed by atoms with Gasteiger partial charge < -0.3 is 14.6 Å². The molecule has 3 rings (SSSR count). The highest BCUT2D eigenvalue weighted by atomic mass is 16.6. The van der Waals surface area contributed by atoms with Crippen LogP contribution in [0.2, 0.25) is 0 Å². The van der Waals surface area contributed by atoms with Crippen molar-refractivity contribution >= 4 is 0 Å². The van der Waals surface area contributed by atoms with Gasteiger partial charge in [-0.2, -0.15) is 0 Å². The van der Waals surface area contributed by atoms with Gasteiger partial charge >= 0.3 is 0 Å². The average Bonchev–Trinajstić information content (AvgIpc) is 2.27. The van der Waals surface area contributed by atoms with Crippen molar-refractivity contribution in [3.05, 3.63) is 24.3 Å². The van der Waals surface area contributed by atoms with Crippen LogP contribution in [0.5, 0.6) is 11.5 Å². The van der Waals surface area contributed by atoms with Crippen molar-refractivity contribution in [1.82, 2.24) is 0 Å². The Morgan fingerprint density at radius 2 is 1.80 bits per heavy atom. The first-order valence-electron chi connectivity index (χ1n) is 5.45. The molecule has 1 fully saturated rings. The second-order valence-electron chi connectivity index (χ2n) is 4.18. The summed E-state index contributed by atoms with van der Waals surface area (Å²) in [7, 11) is 0. The Morgan fingerprint density at radius 3 is 2.60 bits per heavy atom. The van der Waals surface area contributed by atoms with Crippen LogP contribution in [0.3, 0.4) is 0 Å². The van der Waals surface area contributed by atoms with E-state index in [-0.39, 0.29) is 12.2 Å². The molecule has 1 aliphatic carbocycles. The van der Waals surface area contributed by atoms with Crippen LogP contribution in [0.25, 0.3) is 0 Å². The highest BCUT2D eigenvalue weighted by Crippen LogP contribution is 2.38. The van der Waals surface area contributed by atoms with Crippen molar-refractivity contribution < 1.29 is 14.6 Å². The molecule has 3 atom stereocenters. The largest absolute Gasteiger partial charge is 0.483 e. The third-order valence-corrected chi connectivity index (χ3v) is 3.12. The normalized spacial score (nSPS) is 33.3. The maximum absolute atomic E-state index is 9.82. The summed E-state index contributed by atoms with van der Waals surface area (Å²) in [5.41, 5.74) is 0. The fourth-order valence-corrected chi connectivity index (χ4v) is 2.34. The average molecular weight is 206 g/mol. The summed E-state index contributed by atoms with van der Waals surface area (Å²) in [6.45, 7) is 0. The van der Waals surface area contributed by atoms with Crippen LogP contribution >= 0.6 is 0 Å². The van der Waals surface area contributed by atoms with E-state index in [0.29, 0.717) is 0 Å². The lowest BCUT2D eigenvalue weighted by Crippen LogP contribution is -2.50. The molecule has 1 aromatic rings. The summed E-state index contributed by atoms with van der Waals surface area (Å²) < 4.78 is 11.6. The summed E-state index contributed by atoms with van der Waals surface area (Å²) >= 11 is 0. The molecule has 15 heavy (non-hydrogen) atoms. The van der Waals surface area contributed by atoms with Gasteiger partial charge in [0.25, 0.3) is 0 Å². The Bertz CT molecular complexity index is 364. The molecule has 3 unspecified atom stereocenters. The monoisotopic (exact) mass is 206 g/mol. The van der Waals surface area contributed by atoms with Gasteiger partial charge in [0.2, 0.25) is 0 Å². The molecule has 1 aliphatic heterocycles. The molecule has 0 bridgehead atoms. The summed E-state index contributed by atoms with van der Waals surface area (Å²) in [6, 6.07) is 7.64. The smallest absolute Gasteiger partial charge is 0.161 e. The summed E-state index contributed by atoms with van der Waals surface area (Å²) in [6.07, 6.45) is 2.23. The number of rotatable bonds is 0. The molecule has 1 aromatic carbocycles. The Balaban J connectivity index is 1.92. The maximum atomic E-state index is 9.82. The van der Waals surface area contributed by atoms with Gasteiger partial charge in [0.05, 0.1) is 6.10 Å². The first-order chi connectivity index (χ1) is 7.34. The lowest BCUT2D eigenvalue weighted by molar-refractivity contribution is -0.0790. The van der Waals surface area contributed by atoms with Gasteiger partial charge in [0.15, 0.2) is 17.6 Å². The molecule has 3 heteroatoms. The van der Waals surface area contributed by atoms with Crippen molar-refractivity contribution in [2.24, 2.45) is 0 Å². The Kier molecular flexibility index (Phi) is 2.06. The van der Waals surface area contributed by atoms with Gasteiger partial charge in [0.1, 0.15) is 6.10 Å². The fourth-order valence-electron chi connectivity index (χ4n) is 2.34. The standard InChI is InChI=1S/C12H14O3/c13-8-4-3-7-11-12(8)15-10-6-2-1-5-9(10)14-11/h1-2,5-6,8,11-13H,3-4,7H2. The van der Waals surface area contributed by atoms with Crippen LogP contribution in [0.4, 0.5) is 0 Å². The summed E-state index contributed by atoms with van der Waals surface area (Å²) in [5.74, 6) is 1.55. The predicted molar refractivity (Wildman–Crippen MR) is 55.1 cm³/mol. The zero-order chi connectivity index (χ0) is 10.3. The van der Waals surface area contributed by atoms with E-state index in [1.807, 2.05) is 24.3 Å². The molecule has 80 valence electrons. The number of benzene rings is 1. The van der Waals surface area contributed by atoms with E-state index in [0.717, 1.165) is 30.8 Å². The van der Waals surface area contributed by atoms with Crippen molar-refractivity contribution in [1.29, 1.82) is 0 Å². The molecule has 0 amide bonds. The molecular formula is C12H14O3. The van der Waals surface area contributed by atoms with Gasteiger partial charge in [-0.1, -0.05) is 12.1 Å². The van der Waals surface area contributed by atoms with Gasteiger partial charge in [-0.25, -0.2) is 0 Å². The topological polar surface area (TPSA) is 38.7 Å². The van der Waals surface area contributed by atoms with E-state index >= 15 is 0 Å². The zero-order valence-corrected chi connectivity index (χ0v) is 8.43. The molecular weight excluding hydrogens is 192 g/mol. The molecule has 3 nitrogen and oxygen atoms in total. The number of aliphatic hydroxyl groups excluding tert-OH is 1. The molecule has 0 spiro atoms. The van der Waals surface area contributed by atoms with Crippen molar-refractivity contribution in [2.75, 3.05) is 0 Å². The van der Waals surface area contributed by atoms with Crippen LogP contribution < -0.4 is 9.47 Å². The van der Waals surface area contributed by atoms with Crippen molar-refractivity contribution in [3.8, 4) is 11.5 Å². The van der Waals surface area contributed by atoms with Crippen LogP contribution in [0, 0.1) is 0 Å². The first kappa shape index (κ1) is 9.04. The Morgan fingerprint density at radius 1 is 1.07 bits per heavy atom. The van der Waals surface area contributed by atoms with E-state index in [9.17, 15) is 5.11 Å². The highest BCUT2D eigenvalue weighted by molar-refractivity contribution is 5.41. The quantitative estimate of drug-likeness (QED) is 0.702. The number of aliphatic hydroxyl groups is 1. The molecule has 0 saturated heterocycles. The minimum absolute atomic E-state index is 0.0173. The third-order valence-electron chi connectivity index (χ3n) is 3.12. The predicted octanol–water partition coefficient (Wildman–Crippen LogP) is 1.74. The van der Waals surface area contributed by atoms with Crippen LogP contribution in [-0.4, -0.2) is 23.4 Å². The van der Waals surface area contributed by atoms with Crippen molar-refractivity contribution in [2.45, 2.75) is 37.6 Å². The third kappa shape index (κ3) is 1.47. The van der Waals surface area contributed by atoms with E-state index < -0.39 is 6.10 Å². The van der Waals surface area contributed by atoms with Gasteiger partial charge in [-0.05, 0) is 31.4 Å². The van der Waals surface area contributed by atoms with Crippen molar-refractivity contribution in [3.63, 3.8) is 0 Å². The van der Waals surface area contributed by atoms with E-state index in [1.54, 1.807) is 0 Å². The summed E-state index contributed by atoms with van der Waals surface area (Å²) in [5, 5.41) is 9.82. The van der Waals surface area contributed by atoms with Gasteiger partial charge in [0, 0.05) is 0 Å². The molecule has 0 aromatic heterocycles. The fraction of sp³-hybridized carbons (Fsp3) is 0.500. The van der Waals surface area contributed by atoms with Crippen LogP contribution in [0.1, 0.15) is 19.3 Å². The van der Waals surface area contributed by atoms with Crippen LogP contribution in [0.15, 0.2) is 24.3 Å². The SMILES string of the molecule is OC1CCCC2Oc3ccccc3OC12. The van der Waals surface area contributed by atoms with E-state index in [2.05, 4.69) is 0 Å². The Hall–Kier alpha value is -1.22. The summed E-state index contributed by atoms with van der Waals surface area (Å²) in [4.78, 5) is 0. The second kappa shape index (κ2) is 3.42. The minimum atomic E-state index is -0.392. The number of hydrogen-bond donors (Lipinski definition) is 1. The Labute approximate surface area is 88.6 Å².